The van der Waals surface area contributed by atoms with Crippen molar-refractivity contribution < 1.29 is 4.74 Å². The molecule has 3 heterocycles. The van der Waals surface area contributed by atoms with Crippen molar-refractivity contribution in [3.05, 3.63) is 47.2 Å². The second-order valence-electron chi connectivity index (χ2n) is 7.24. The molecule has 1 aromatic carbocycles. The Kier molecular flexibility index (Phi) is 5.74. The normalized spacial score (nSPS) is 17.1. The van der Waals surface area contributed by atoms with Crippen LogP contribution in [0.4, 0.5) is 11.6 Å². The van der Waals surface area contributed by atoms with Crippen LogP contribution in [0.25, 0.3) is 10.9 Å². The van der Waals surface area contributed by atoms with Crippen LogP contribution in [0.5, 0.6) is 5.88 Å². The van der Waals surface area contributed by atoms with Crippen LogP contribution in [-0.4, -0.2) is 46.6 Å². The number of fused-ring (bicyclic) bond motifs is 1. The quantitative estimate of drug-likeness (QED) is 0.682. The predicted molar refractivity (Wildman–Crippen MR) is 112 cm³/mol. The highest BCUT2D eigenvalue weighted by molar-refractivity contribution is 6.35. The van der Waals surface area contributed by atoms with Gasteiger partial charge in [0.2, 0.25) is 5.69 Å². The lowest BCUT2D eigenvalue weighted by molar-refractivity contribution is 0.147. The van der Waals surface area contributed by atoms with Crippen molar-refractivity contribution >= 4 is 34.1 Å². The smallest absolute Gasteiger partial charge is 0.253 e. The Morgan fingerprint density at radius 3 is 3.00 bits per heavy atom. The molecule has 0 bridgehead atoms. The number of hydrogen-bond acceptors (Lipinski definition) is 7. The zero-order valence-electron chi connectivity index (χ0n) is 16.1. The summed E-state index contributed by atoms with van der Waals surface area (Å²) in [7, 11) is 2.11. The fourth-order valence-electron chi connectivity index (χ4n) is 3.53. The number of benzene rings is 1. The summed E-state index contributed by atoms with van der Waals surface area (Å²) in [5.41, 5.74) is 0.882. The summed E-state index contributed by atoms with van der Waals surface area (Å²) >= 11 is 6.24. The van der Waals surface area contributed by atoms with Crippen LogP contribution in [-0.2, 0) is 0 Å². The van der Waals surface area contributed by atoms with Gasteiger partial charge in [-0.1, -0.05) is 23.7 Å². The Morgan fingerprint density at radius 2 is 2.17 bits per heavy atom. The SMILES string of the molecule is CN1CCCC(COc2nc(Nc3ccc4cccc(Cl)c4n3)cnc2C#N)C1. The van der Waals surface area contributed by atoms with E-state index in [9.17, 15) is 5.26 Å². The monoisotopic (exact) mass is 408 g/mol. The predicted octanol–water partition coefficient (Wildman–Crippen LogP) is 4.01. The number of para-hydroxylation sites is 1. The van der Waals surface area contributed by atoms with Crippen LogP contribution < -0.4 is 10.1 Å². The molecule has 0 spiro atoms. The first kappa shape index (κ1) is 19.4. The van der Waals surface area contributed by atoms with Crippen LogP contribution in [0.2, 0.25) is 5.02 Å². The molecule has 1 atom stereocenters. The number of nitrogens with zero attached hydrogens (tertiary/aromatic N) is 5. The third-order valence-corrected chi connectivity index (χ3v) is 5.26. The Bertz CT molecular complexity index is 1070. The second-order valence-corrected chi connectivity index (χ2v) is 7.64. The van der Waals surface area contributed by atoms with E-state index in [1.54, 1.807) is 6.07 Å². The summed E-state index contributed by atoms with van der Waals surface area (Å²) in [4.78, 5) is 15.5. The van der Waals surface area contributed by atoms with Gasteiger partial charge in [0, 0.05) is 17.8 Å². The van der Waals surface area contributed by atoms with Gasteiger partial charge in [-0.3, -0.25) is 0 Å². The summed E-state index contributed by atoms with van der Waals surface area (Å²) in [5.74, 6) is 1.70. The molecule has 0 saturated carbocycles. The zero-order chi connectivity index (χ0) is 20.2. The molecular weight excluding hydrogens is 388 g/mol. The Morgan fingerprint density at radius 1 is 1.28 bits per heavy atom. The fourth-order valence-corrected chi connectivity index (χ4v) is 3.75. The van der Waals surface area contributed by atoms with Gasteiger partial charge in [0.25, 0.3) is 5.88 Å². The van der Waals surface area contributed by atoms with E-state index in [2.05, 4.69) is 32.2 Å². The molecule has 8 heteroatoms. The van der Waals surface area contributed by atoms with Crippen molar-refractivity contribution in [2.45, 2.75) is 12.8 Å². The molecule has 1 saturated heterocycles. The number of piperidine rings is 1. The molecule has 7 nitrogen and oxygen atoms in total. The van der Waals surface area contributed by atoms with E-state index in [4.69, 9.17) is 16.3 Å². The van der Waals surface area contributed by atoms with E-state index in [1.807, 2.05) is 30.3 Å². The molecule has 1 unspecified atom stereocenters. The summed E-state index contributed by atoms with van der Waals surface area (Å²) in [6.45, 7) is 2.61. The maximum Gasteiger partial charge on any atom is 0.253 e. The van der Waals surface area contributed by atoms with Gasteiger partial charge in [0.05, 0.1) is 23.3 Å². The Balaban J connectivity index is 1.52. The molecule has 4 rings (SSSR count). The maximum atomic E-state index is 9.34. The van der Waals surface area contributed by atoms with Crippen LogP contribution in [0.15, 0.2) is 36.5 Å². The number of aromatic nitrogens is 3. The number of rotatable bonds is 5. The minimum atomic E-state index is 0.175. The van der Waals surface area contributed by atoms with E-state index >= 15 is 0 Å². The molecule has 0 radical (unpaired) electrons. The van der Waals surface area contributed by atoms with Crippen molar-refractivity contribution in [3.8, 4) is 11.9 Å². The number of anilines is 2. The first-order chi connectivity index (χ1) is 14.1. The molecule has 1 fully saturated rings. The molecule has 0 amide bonds. The maximum absolute atomic E-state index is 9.34. The first-order valence-corrected chi connectivity index (χ1v) is 9.91. The van der Waals surface area contributed by atoms with Crippen molar-refractivity contribution in [1.29, 1.82) is 5.26 Å². The summed E-state index contributed by atoms with van der Waals surface area (Å²) < 4.78 is 5.88. The molecule has 1 N–H and O–H groups in total. The number of nitrogens with one attached hydrogen (secondary N) is 1. The highest BCUT2D eigenvalue weighted by Gasteiger charge is 2.19. The summed E-state index contributed by atoms with van der Waals surface area (Å²) in [6, 6.07) is 11.5. The number of ether oxygens (including phenoxy) is 1. The van der Waals surface area contributed by atoms with Gasteiger partial charge < -0.3 is 15.0 Å². The fraction of sp³-hybridized carbons (Fsp3) is 0.333. The largest absolute Gasteiger partial charge is 0.475 e. The first-order valence-electron chi connectivity index (χ1n) is 9.53. The van der Waals surface area contributed by atoms with Crippen LogP contribution in [0.3, 0.4) is 0 Å². The van der Waals surface area contributed by atoms with E-state index in [0.29, 0.717) is 34.7 Å². The Hall–Kier alpha value is -2.95. The van der Waals surface area contributed by atoms with E-state index in [-0.39, 0.29) is 11.6 Å². The Labute approximate surface area is 174 Å². The average molecular weight is 409 g/mol. The number of nitriles is 1. The van der Waals surface area contributed by atoms with Gasteiger partial charge in [-0.05, 0) is 44.6 Å². The number of hydrogen-bond donors (Lipinski definition) is 1. The van der Waals surface area contributed by atoms with E-state index in [1.165, 1.54) is 6.20 Å². The van der Waals surface area contributed by atoms with Gasteiger partial charge in [-0.2, -0.15) is 10.2 Å². The lowest BCUT2D eigenvalue weighted by Crippen LogP contribution is -2.34. The minimum Gasteiger partial charge on any atom is -0.475 e. The minimum absolute atomic E-state index is 0.175. The highest BCUT2D eigenvalue weighted by atomic mass is 35.5. The van der Waals surface area contributed by atoms with Gasteiger partial charge in [-0.15, -0.1) is 0 Å². The van der Waals surface area contributed by atoms with E-state index in [0.717, 1.165) is 31.3 Å². The molecule has 29 heavy (non-hydrogen) atoms. The number of pyridine rings is 1. The van der Waals surface area contributed by atoms with Crippen molar-refractivity contribution in [2.75, 3.05) is 32.1 Å². The third-order valence-electron chi connectivity index (χ3n) is 4.95. The van der Waals surface area contributed by atoms with Crippen molar-refractivity contribution in [3.63, 3.8) is 0 Å². The number of halogens is 1. The molecule has 1 aliphatic heterocycles. The summed E-state index contributed by atoms with van der Waals surface area (Å²) in [6.07, 6.45) is 3.76. The lowest BCUT2D eigenvalue weighted by Gasteiger charge is -2.29. The number of likely N-dealkylation sites (tertiary alicyclic amines) is 1. The van der Waals surface area contributed by atoms with Gasteiger partial charge >= 0.3 is 0 Å². The molecule has 148 valence electrons. The average Bonchev–Trinajstić information content (AvgIpc) is 2.73. The standard InChI is InChI=1S/C21H21ClN6O/c1-28-9-3-4-14(12-28)13-29-21-17(10-23)24-11-19(27-21)25-18-8-7-15-5-2-6-16(22)20(15)26-18/h2,5-8,11,14H,3-4,9,12-13H2,1H3,(H,25,26,27). The van der Waals surface area contributed by atoms with Gasteiger partial charge in [0.1, 0.15) is 11.9 Å². The second kappa shape index (κ2) is 8.60. The molecule has 0 aliphatic carbocycles. The van der Waals surface area contributed by atoms with Crippen molar-refractivity contribution in [2.24, 2.45) is 5.92 Å². The van der Waals surface area contributed by atoms with Crippen LogP contribution in [0.1, 0.15) is 18.5 Å². The topological polar surface area (TPSA) is 87.0 Å². The van der Waals surface area contributed by atoms with Gasteiger partial charge in [0.15, 0.2) is 5.82 Å². The zero-order valence-corrected chi connectivity index (χ0v) is 16.9. The summed E-state index contributed by atoms with van der Waals surface area (Å²) in [5, 5.41) is 14.0. The van der Waals surface area contributed by atoms with E-state index < -0.39 is 0 Å². The third kappa shape index (κ3) is 4.56. The van der Waals surface area contributed by atoms with Crippen LogP contribution in [0, 0.1) is 17.2 Å². The molecule has 1 aliphatic rings. The molecule has 2 aromatic heterocycles. The highest BCUT2D eigenvalue weighted by Crippen LogP contribution is 2.25. The van der Waals surface area contributed by atoms with Crippen molar-refractivity contribution in [1.82, 2.24) is 19.9 Å². The van der Waals surface area contributed by atoms with Gasteiger partial charge in [-0.25, -0.2) is 9.97 Å². The molecule has 3 aromatic rings. The lowest BCUT2D eigenvalue weighted by atomic mass is 10.00. The van der Waals surface area contributed by atoms with Crippen LogP contribution >= 0.6 is 11.6 Å². The molecular formula is C21H21ClN6O.